The summed E-state index contributed by atoms with van der Waals surface area (Å²) in [6.07, 6.45) is 2.99. The van der Waals surface area contributed by atoms with Gasteiger partial charge in [-0.25, -0.2) is 19.2 Å². The molecule has 0 atom stereocenters. The number of piperidine rings is 1. The highest BCUT2D eigenvalue weighted by Crippen LogP contribution is 2.24. The third-order valence-electron chi connectivity index (χ3n) is 4.97. The zero-order valence-electron chi connectivity index (χ0n) is 18.5. The van der Waals surface area contributed by atoms with E-state index in [0.29, 0.717) is 50.4 Å². The molecule has 2 heterocycles. The van der Waals surface area contributed by atoms with E-state index in [2.05, 4.69) is 20.6 Å². The predicted octanol–water partition coefficient (Wildman–Crippen LogP) is 3.69. The maximum Gasteiger partial charge on any atom is 0.409 e. The van der Waals surface area contributed by atoms with Gasteiger partial charge in [-0.05, 0) is 44.9 Å². The SMILES string of the molecule is CCNC(=NCc1cccnc1Oc1cccc(F)c1)NC1CCN(C(=O)OCC)CC1. The molecule has 1 saturated heterocycles. The van der Waals surface area contributed by atoms with Crippen molar-refractivity contribution in [3.05, 3.63) is 54.0 Å². The lowest BCUT2D eigenvalue weighted by atomic mass is 10.1. The van der Waals surface area contributed by atoms with Crippen molar-refractivity contribution in [2.75, 3.05) is 26.2 Å². The third kappa shape index (κ3) is 6.83. The van der Waals surface area contributed by atoms with E-state index in [-0.39, 0.29) is 18.0 Å². The second-order valence-corrected chi connectivity index (χ2v) is 7.33. The highest BCUT2D eigenvalue weighted by molar-refractivity contribution is 5.80. The average molecular weight is 444 g/mol. The Hall–Kier alpha value is -3.36. The van der Waals surface area contributed by atoms with Gasteiger partial charge in [-0.3, -0.25) is 0 Å². The summed E-state index contributed by atoms with van der Waals surface area (Å²) in [4.78, 5) is 22.6. The number of nitrogens with zero attached hydrogens (tertiary/aromatic N) is 3. The van der Waals surface area contributed by atoms with E-state index in [1.54, 1.807) is 23.2 Å². The van der Waals surface area contributed by atoms with Gasteiger partial charge in [-0.1, -0.05) is 12.1 Å². The Kier molecular flexibility index (Phi) is 8.65. The van der Waals surface area contributed by atoms with E-state index in [9.17, 15) is 9.18 Å². The number of amides is 1. The number of likely N-dealkylation sites (tertiary alicyclic amines) is 1. The second-order valence-electron chi connectivity index (χ2n) is 7.33. The molecule has 1 aliphatic rings. The molecule has 32 heavy (non-hydrogen) atoms. The number of halogens is 1. The van der Waals surface area contributed by atoms with Crippen molar-refractivity contribution >= 4 is 12.1 Å². The molecule has 9 heteroatoms. The van der Waals surface area contributed by atoms with Gasteiger partial charge in [0.2, 0.25) is 5.88 Å². The quantitative estimate of drug-likeness (QED) is 0.501. The summed E-state index contributed by atoms with van der Waals surface area (Å²) in [6.45, 7) is 6.54. The Morgan fingerprint density at radius 1 is 1.25 bits per heavy atom. The topological polar surface area (TPSA) is 88.1 Å². The number of ether oxygens (including phenoxy) is 2. The first-order chi connectivity index (χ1) is 15.6. The van der Waals surface area contributed by atoms with Gasteiger partial charge in [0.25, 0.3) is 0 Å². The van der Waals surface area contributed by atoms with Crippen LogP contribution < -0.4 is 15.4 Å². The fourth-order valence-electron chi connectivity index (χ4n) is 3.38. The number of pyridine rings is 1. The molecule has 0 aliphatic carbocycles. The lowest BCUT2D eigenvalue weighted by molar-refractivity contribution is 0.0963. The minimum absolute atomic E-state index is 0.204. The van der Waals surface area contributed by atoms with Crippen LogP contribution in [0.25, 0.3) is 0 Å². The minimum atomic E-state index is -0.370. The molecular formula is C23H30FN5O3. The van der Waals surface area contributed by atoms with Gasteiger partial charge in [0, 0.05) is 43.5 Å². The zero-order valence-corrected chi connectivity index (χ0v) is 18.5. The lowest BCUT2D eigenvalue weighted by Gasteiger charge is -2.32. The van der Waals surface area contributed by atoms with E-state index >= 15 is 0 Å². The van der Waals surface area contributed by atoms with Crippen molar-refractivity contribution in [1.29, 1.82) is 0 Å². The Bertz CT molecular complexity index is 916. The van der Waals surface area contributed by atoms with E-state index in [0.717, 1.165) is 18.4 Å². The molecular weight excluding hydrogens is 413 g/mol. The average Bonchev–Trinajstić information content (AvgIpc) is 2.79. The molecule has 0 bridgehead atoms. The zero-order chi connectivity index (χ0) is 22.8. The van der Waals surface area contributed by atoms with Gasteiger partial charge >= 0.3 is 6.09 Å². The summed E-state index contributed by atoms with van der Waals surface area (Å²) in [5.74, 6) is 1.08. The number of aromatic nitrogens is 1. The van der Waals surface area contributed by atoms with Crippen LogP contribution in [-0.2, 0) is 11.3 Å². The number of carbonyl (C=O) groups excluding carboxylic acids is 1. The molecule has 1 amide bonds. The summed E-state index contributed by atoms with van der Waals surface area (Å²) in [7, 11) is 0. The van der Waals surface area contributed by atoms with Gasteiger partial charge in [0.05, 0.1) is 13.2 Å². The molecule has 3 rings (SSSR count). The van der Waals surface area contributed by atoms with E-state index in [1.165, 1.54) is 12.1 Å². The Morgan fingerprint density at radius 3 is 2.78 bits per heavy atom. The molecule has 1 aromatic carbocycles. The monoisotopic (exact) mass is 443 g/mol. The van der Waals surface area contributed by atoms with Crippen molar-refractivity contribution in [3.8, 4) is 11.6 Å². The molecule has 2 aromatic rings. The molecule has 0 saturated carbocycles. The number of hydrogen-bond acceptors (Lipinski definition) is 5. The van der Waals surface area contributed by atoms with Crippen LogP contribution in [0.5, 0.6) is 11.6 Å². The predicted molar refractivity (Wildman–Crippen MR) is 120 cm³/mol. The number of guanidine groups is 1. The van der Waals surface area contributed by atoms with Crippen molar-refractivity contribution in [2.45, 2.75) is 39.3 Å². The van der Waals surface area contributed by atoms with E-state index in [4.69, 9.17) is 9.47 Å². The highest BCUT2D eigenvalue weighted by Gasteiger charge is 2.24. The second kappa shape index (κ2) is 11.9. The first-order valence-corrected chi connectivity index (χ1v) is 10.9. The molecule has 1 fully saturated rings. The third-order valence-corrected chi connectivity index (χ3v) is 4.97. The van der Waals surface area contributed by atoms with Crippen LogP contribution in [0.15, 0.2) is 47.6 Å². The van der Waals surface area contributed by atoms with Gasteiger partial charge < -0.3 is 25.0 Å². The lowest BCUT2D eigenvalue weighted by Crippen LogP contribution is -2.49. The van der Waals surface area contributed by atoms with Crippen LogP contribution in [-0.4, -0.2) is 54.2 Å². The molecule has 172 valence electrons. The number of aliphatic imine (C=N–C) groups is 1. The molecule has 2 N–H and O–H groups in total. The Labute approximate surface area is 187 Å². The first-order valence-electron chi connectivity index (χ1n) is 10.9. The normalized spacial score (nSPS) is 14.7. The van der Waals surface area contributed by atoms with Crippen molar-refractivity contribution < 1.29 is 18.7 Å². The number of carbonyl (C=O) groups is 1. The Morgan fingerprint density at radius 2 is 2.06 bits per heavy atom. The summed E-state index contributed by atoms with van der Waals surface area (Å²) in [6, 6.07) is 9.85. The van der Waals surface area contributed by atoms with E-state index < -0.39 is 0 Å². The standard InChI is InChI=1S/C23H30FN5O3/c1-3-25-22(28-19-10-13-29(14-11-19)23(30)31-4-2)27-16-17-7-6-12-26-21(17)32-20-9-5-8-18(24)15-20/h5-9,12,15,19H,3-4,10-11,13-14,16H2,1-2H3,(H2,25,27,28). The van der Waals surface area contributed by atoms with Crippen molar-refractivity contribution in [3.63, 3.8) is 0 Å². The minimum Gasteiger partial charge on any atom is -0.450 e. The summed E-state index contributed by atoms with van der Waals surface area (Å²) in [5, 5.41) is 6.70. The van der Waals surface area contributed by atoms with Crippen LogP contribution >= 0.6 is 0 Å². The molecule has 0 unspecified atom stereocenters. The van der Waals surface area contributed by atoms with E-state index in [1.807, 2.05) is 26.0 Å². The number of rotatable bonds is 7. The van der Waals surface area contributed by atoms with Crippen LogP contribution in [0.1, 0.15) is 32.3 Å². The van der Waals surface area contributed by atoms with Gasteiger partial charge in [0.1, 0.15) is 11.6 Å². The maximum atomic E-state index is 13.5. The van der Waals surface area contributed by atoms with Gasteiger partial charge in [0.15, 0.2) is 5.96 Å². The summed E-state index contributed by atoms with van der Waals surface area (Å²) in [5.41, 5.74) is 0.783. The van der Waals surface area contributed by atoms with Crippen LogP contribution in [0.2, 0.25) is 0 Å². The first kappa shape index (κ1) is 23.3. The fraction of sp³-hybridized carbons (Fsp3) is 0.435. The van der Waals surface area contributed by atoms with Crippen LogP contribution in [0.4, 0.5) is 9.18 Å². The smallest absolute Gasteiger partial charge is 0.409 e. The number of hydrogen-bond donors (Lipinski definition) is 2. The van der Waals surface area contributed by atoms with Crippen molar-refractivity contribution in [1.82, 2.24) is 20.5 Å². The molecule has 1 aromatic heterocycles. The van der Waals surface area contributed by atoms with Crippen LogP contribution in [0.3, 0.4) is 0 Å². The van der Waals surface area contributed by atoms with Gasteiger partial charge in [-0.2, -0.15) is 0 Å². The number of nitrogens with one attached hydrogen (secondary N) is 2. The van der Waals surface area contributed by atoms with Crippen molar-refractivity contribution in [2.24, 2.45) is 4.99 Å². The highest BCUT2D eigenvalue weighted by atomic mass is 19.1. The summed E-state index contributed by atoms with van der Waals surface area (Å²) >= 11 is 0. The Balaban J connectivity index is 1.61. The molecule has 8 nitrogen and oxygen atoms in total. The summed E-state index contributed by atoms with van der Waals surface area (Å²) < 4.78 is 24.3. The number of benzene rings is 1. The maximum absolute atomic E-state index is 13.5. The molecule has 0 radical (unpaired) electrons. The fourth-order valence-corrected chi connectivity index (χ4v) is 3.38. The molecule has 0 spiro atoms. The molecule has 1 aliphatic heterocycles. The van der Waals surface area contributed by atoms with Crippen LogP contribution in [0, 0.1) is 5.82 Å². The van der Waals surface area contributed by atoms with Gasteiger partial charge in [-0.15, -0.1) is 0 Å². The largest absolute Gasteiger partial charge is 0.450 e.